The van der Waals surface area contributed by atoms with E-state index in [4.69, 9.17) is 9.47 Å². The van der Waals surface area contributed by atoms with Gasteiger partial charge in [-0.05, 0) is 36.0 Å². The zero-order chi connectivity index (χ0) is 11.7. The molecule has 1 aromatic carbocycles. The summed E-state index contributed by atoms with van der Waals surface area (Å²) in [5.41, 5.74) is 1.52. The van der Waals surface area contributed by atoms with Crippen LogP contribution in [-0.4, -0.2) is 26.2 Å². The number of likely N-dealkylation sites (N-methyl/N-ethyl adjacent to an activating group) is 1. The smallest absolute Gasteiger partial charge is 0.231 e. The van der Waals surface area contributed by atoms with Gasteiger partial charge in [-0.3, -0.25) is 4.79 Å². The van der Waals surface area contributed by atoms with Crippen molar-refractivity contribution >= 4 is 21.7 Å². The molecule has 0 unspecified atom stereocenters. The van der Waals surface area contributed by atoms with Crippen molar-refractivity contribution in [3.8, 4) is 11.5 Å². The number of hydrogen-bond donors (Lipinski definition) is 1. The first kappa shape index (κ1) is 11.4. The average molecular weight is 286 g/mol. The molecule has 4 nitrogen and oxygen atoms in total. The van der Waals surface area contributed by atoms with E-state index in [9.17, 15) is 4.79 Å². The molecule has 1 aliphatic rings. The Balaban J connectivity index is 2.47. The number of ether oxygens (including phenoxy) is 2. The van der Waals surface area contributed by atoms with Gasteiger partial charge < -0.3 is 14.8 Å². The van der Waals surface area contributed by atoms with Gasteiger partial charge in [-0.25, -0.2) is 0 Å². The van der Waals surface area contributed by atoms with Crippen molar-refractivity contribution < 1.29 is 14.3 Å². The van der Waals surface area contributed by atoms with Crippen molar-refractivity contribution in [1.29, 1.82) is 0 Å². The number of carbonyl (C=O) groups excluding carboxylic acids is 1. The molecule has 16 heavy (non-hydrogen) atoms. The fraction of sp³-hybridized carbons (Fsp3) is 0.364. The maximum absolute atomic E-state index is 11.8. The van der Waals surface area contributed by atoms with E-state index in [0.717, 1.165) is 10.0 Å². The lowest BCUT2D eigenvalue weighted by Crippen LogP contribution is -2.19. The standard InChI is InChI=1S/C11H12BrNO3/c1-6-10(12)7(8(14)4-13-2)3-9-11(6)16-5-15-9/h3,13H,4-5H2,1-2H3. The Kier molecular flexibility index (Phi) is 3.16. The first-order valence-electron chi connectivity index (χ1n) is 4.91. The van der Waals surface area contributed by atoms with Crippen LogP contribution in [0.3, 0.4) is 0 Å². The van der Waals surface area contributed by atoms with Gasteiger partial charge in [0.1, 0.15) is 0 Å². The van der Waals surface area contributed by atoms with Gasteiger partial charge in [0.25, 0.3) is 0 Å². The molecule has 0 saturated heterocycles. The molecule has 0 saturated carbocycles. The minimum atomic E-state index is 0.0239. The molecule has 1 aliphatic heterocycles. The third kappa shape index (κ3) is 1.81. The van der Waals surface area contributed by atoms with E-state index in [1.807, 2.05) is 6.92 Å². The Labute approximate surface area is 102 Å². The molecule has 1 aromatic rings. The lowest BCUT2D eigenvalue weighted by atomic mass is 10.1. The number of carbonyl (C=O) groups is 1. The van der Waals surface area contributed by atoms with Crippen molar-refractivity contribution in [2.24, 2.45) is 0 Å². The predicted molar refractivity (Wildman–Crippen MR) is 63.3 cm³/mol. The molecule has 0 amide bonds. The number of ketones is 1. The topological polar surface area (TPSA) is 47.6 Å². The third-order valence-corrected chi connectivity index (χ3v) is 3.48. The number of rotatable bonds is 3. The highest BCUT2D eigenvalue weighted by molar-refractivity contribution is 9.10. The van der Waals surface area contributed by atoms with Crippen molar-refractivity contribution in [2.75, 3.05) is 20.4 Å². The van der Waals surface area contributed by atoms with E-state index in [1.165, 1.54) is 0 Å². The molecule has 1 N–H and O–H groups in total. The van der Waals surface area contributed by atoms with Crippen molar-refractivity contribution in [2.45, 2.75) is 6.92 Å². The van der Waals surface area contributed by atoms with Crippen LogP contribution in [0.5, 0.6) is 11.5 Å². The molecule has 0 bridgehead atoms. The van der Waals surface area contributed by atoms with E-state index < -0.39 is 0 Å². The highest BCUT2D eigenvalue weighted by Gasteiger charge is 2.23. The van der Waals surface area contributed by atoms with E-state index in [1.54, 1.807) is 13.1 Å². The first-order chi connectivity index (χ1) is 7.65. The third-order valence-electron chi connectivity index (χ3n) is 2.46. The fourth-order valence-electron chi connectivity index (χ4n) is 1.64. The Morgan fingerprint density at radius 2 is 2.31 bits per heavy atom. The van der Waals surface area contributed by atoms with Crippen LogP contribution in [-0.2, 0) is 0 Å². The number of fused-ring (bicyclic) bond motifs is 1. The van der Waals surface area contributed by atoms with Gasteiger partial charge in [0, 0.05) is 15.6 Å². The lowest BCUT2D eigenvalue weighted by Gasteiger charge is -2.09. The summed E-state index contributed by atoms with van der Waals surface area (Å²) >= 11 is 3.42. The number of benzene rings is 1. The van der Waals surface area contributed by atoms with E-state index in [0.29, 0.717) is 23.6 Å². The maximum Gasteiger partial charge on any atom is 0.231 e. The molecule has 0 fully saturated rings. The Bertz CT molecular complexity index is 445. The van der Waals surface area contributed by atoms with E-state index >= 15 is 0 Å². The summed E-state index contributed by atoms with van der Waals surface area (Å²) in [6, 6.07) is 1.72. The van der Waals surface area contributed by atoms with Crippen molar-refractivity contribution in [3.63, 3.8) is 0 Å². The van der Waals surface area contributed by atoms with Crippen LogP contribution in [0, 0.1) is 6.92 Å². The quantitative estimate of drug-likeness (QED) is 0.862. The molecule has 1 heterocycles. The van der Waals surface area contributed by atoms with Crippen LogP contribution < -0.4 is 14.8 Å². The Morgan fingerprint density at radius 3 is 3.00 bits per heavy atom. The molecular formula is C11H12BrNO3. The summed E-state index contributed by atoms with van der Waals surface area (Å²) in [6.45, 7) is 2.41. The summed E-state index contributed by atoms with van der Waals surface area (Å²) in [6.07, 6.45) is 0. The zero-order valence-electron chi connectivity index (χ0n) is 9.09. The molecule has 2 rings (SSSR count). The second kappa shape index (κ2) is 4.43. The summed E-state index contributed by atoms with van der Waals surface area (Å²) < 4.78 is 11.4. The number of nitrogens with one attached hydrogen (secondary N) is 1. The second-order valence-corrected chi connectivity index (χ2v) is 4.34. The summed E-state index contributed by atoms with van der Waals surface area (Å²) in [5.74, 6) is 1.38. The van der Waals surface area contributed by atoms with Crippen LogP contribution >= 0.6 is 15.9 Å². The summed E-state index contributed by atoms with van der Waals surface area (Å²) in [4.78, 5) is 11.8. The number of Topliss-reactive ketones (excluding diaryl/α,β-unsaturated/α-hetero) is 1. The Hall–Kier alpha value is -1.07. The molecule has 0 spiro atoms. The van der Waals surface area contributed by atoms with Gasteiger partial charge in [0.2, 0.25) is 6.79 Å². The molecule has 0 atom stereocenters. The Morgan fingerprint density at radius 1 is 1.56 bits per heavy atom. The minimum Gasteiger partial charge on any atom is -0.454 e. The van der Waals surface area contributed by atoms with Crippen molar-refractivity contribution in [1.82, 2.24) is 5.32 Å². The molecular weight excluding hydrogens is 274 g/mol. The van der Waals surface area contributed by atoms with Crippen LogP contribution in [0.25, 0.3) is 0 Å². The van der Waals surface area contributed by atoms with Crippen LogP contribution in [0.1, 0.15) is 15.9 Å². The number of halogens is 1. The van der Waals surface area contributed by atoms with Gasteiger partial charge in [-0.2, -0.15) is 0 Å². The molecule has 0 aromatic heterocycles. The highest BCUT2D eigenvalue weighted by Crippen LogP contribution is 2.41. The largest absolute Gasteiger partial charge is 0.454 e. The van der Waals surface area contributed by atoms with E-state index in [-0.39, 0.29) is 12.6 Å². The normalized spacial score (nSPS) is 12.9. The minimum absolute atomic E-state index is 0.0239. The molecule has 0 aliphatic carbocycles. The predicted octanol–water partition coefficient (Wildman–Crippen LogP) is 1.89. The fourth-order valence-corrected chi connectivity index (χ4v) is 2.16. The highest BCUT2D eigenvalue weighted by atomic mass is 79.9. The lowest BCUT2D eigenvalue weighted by molar-refractivity contribution is 0.0992. The molecule has 0 radical (unpaired) electrons. The average Bonchev–Trinajstić information content (AvgIpc) is 2.71. The monoisotopic (exact) mass is 285 g/mol. The van der Waals surface area contributed by atoms with Crippen LogP contribution in [0.2, 0.25) is 0 Å². The van der Waals surface area contributed by atoms with Crippen molar-refractivity contribution in [3.05, 3.63) is 21.7 Å². The van der Waals surface area contributed by atoms with Crippen LogP contribution in [0.15, 0.2) is 10.5 Å². The second-order valence-electron chi connectivity index (χ2n) is 3.55. The van der Waals surface area contributed by atoms with Gasteiger partial charge in [0.05, 0.1) is 6.54 Å². The maximum atomic E-state index is 11.8. The summed E-state index contributed by atoms with van der Waals surface area (Å²) in [5, 5.41) is 2.84. The van der Waals surface area contributed by atoms with Crippen LogP contribution in [0.4, 0.5) is 0 Å². The van der Waals surface area contributed by atoms with Gasteiger partial charge in [-0.1, -0.05) is 0 Å². The zero-order valence-corrected chi connectivity index (χ0v) is 10.7. The van der Waals surface area contributed by atoms with Gasteiger partial charge in [-0.15, -0.1) is 0 Å². The molecule has 86 valence electrons. The first-order valence-corrected chi connectivity index (χ1v) is 5.71. The van der Waals surface area contributed by atoms with Gasteiger partial charge in [0.15, 0.2) is 17.3 Å². The van der Waals surface area contributed by atoms with E-state index in [2.05, 4.69) is 21.2 Å². The van der Waals surface area contributed by atoms with Gasteiger partial charge >= 0.3 is 0 Å². The SMILES string of the molecule is CNCC(=O)c1cc2c(c(C)c1Br)OCO2. The number of hydrogen-bond acceptors (Lipinski definition) is 4. The molecule has 5 heteroatoms. The summed E-state index contributed by atoms with van der Waals surface area (Å²) in [7, 11) is 1.74.